The molecule has 3 heterocycles. The number of nitrogens with zero attached hydrogens (tertiary/aromatic N) is 2. The fourth-order valence-corrected chi connectivity index (χ4v) is 3.79. The molecule has 9 heteroatoms. The molecule has 8 nitrogen and oxygen atoms in total. The van der Waals surface area contributed by atoms with Crippen molar-refractivity contribution in [1.82, 2.24) is 25.5 Å². The minimum Gasteiger partial charge on any atom is -0.355 e. The Bertz CT molecular complexity index is 820. The lowest BCUT2D eigenvalue weighted by Crippen LogP contribution is -2.42. The van der Waals surface area contributed by atoms with E-state index in [1.54, 1.807) is 11.3 Å². The van der Waals surface area contributed by atoms with Crippen molar-refractivity contribution < 1.29 is 9.59 Å². The Balaban J connectivity index is 1.70. The third-order valence-corrected chi connectivity index (χ3v) is 5.05. The molecule has 0 aliphatic carbocycles. The zero-order chi connectivity index (χ0) is 18.5. The van der Waals surface area contributed by atoms with Crippen LogP contribution in [0.15, 0.2) is 34.1 Å². The lowest BCUT2D eigenvalue weighted by Gasteiger charge is -2.22. The predicted octanol–water partition coefficient (Wildman–Crippen LogP) is 0.340. The van der Waals surface area contributed by atoms with E-state index in [-0.39, 0.29) is 23.6 Å². The summed E-state index contributed by atoms with van der Waals surface area (Å²) in [5.41, 5.74) is 0.629. The van der Waals surface area contributed by atoms with Crippen LogP contribution in [0.2, 0.25) is 0 Å². The number of hydrogen-bond acceptors (Lipinski definition) is 6. The largest absolute Gasteiger partial charge is 0.355 e. The van der Waals surface area contributed by atoms with Crippen molar-refractivity contribution in [2.75, 3.05) is 13.1 Å². The van der Waals surface area contributed by atoms with Gasteiger partial charge in [0.15, 0.2) is 0 Å². The van der Waals surface area contributed by atoms with Crippen LogP contribution in [0.4, 0.5) is 0 Å². The molecular weight excluding hydrogens is 354 g/mol. The van der Waals surface area contributed by atoms with Crippen LogP contribution in [0.5, 0.6) is 0 Å². The summed E-state index contributed by atoms with van der Waals surface area (Å²) in [6.07, 6.45) is 2.98. The molecule has 3 N–H and O–H groups in total. The zero-order valence-electron chi connectivity index (χ0n) is 14.4. The first-order chi connectivity index (χ1) is 12.6. The first-order valence-corrected chi connectivity index (χ1v) is 9.39. The van der Waals surface area contributed by atoms with Gasteiger partial charge in [0, 0.05) is 31.9 Å². The van der Waals surface area contributed by atoms with Crippen molar-refractivity contribution >= 4 is 23.2 Å². The van der Waals surface area contributed by atoms with E-state index in [4.69, 9.17) is 0 Å². The van der Waals surface area contributed by atoms with Crippen molar-refractivity contribution in [1.29, 1.82) is 0 Å². The number of hydrogen-bond donors (Lipinski definition) is 3. The van der Waals surface area contributed by atoms with Gasteiger partial charge in [-0.25, -0.2) is 4.98 Å². The Morgan fingerprint density at radius 1 is 1.46 bits per heavy atom. The standard InChI is InChI=1S/C17H21N5O3S/c1-2-19-17(25)14-5-12(8-22(14)7-11-3-4-26-9-11)21-16(24)13-6-18-10-20-15(13)23/h3-4,6,9-10,12,14H,2,5,7-8H2,1H3,(H,19,25)(H,21,24)(H,18,20,23)/t12-,14+/m1/s1. The molecule has 1 aliphatic heterocycles. The molecule has 2 aromatic heterocycles. The topological polar surface area (TPSA) is 107 Å². The summed E-state index contributed by atoms with van der Waals surface area (Å²) in [6, 6.07) is 1.50. The second kappa shape index (κ2) is 8.24. The van der Waals surface area contributed by atoms with E-state index in [0.717, 1.165) is 5.56 Å². The quantitative estimate of drug-likeness (QED) is 0.675. The van der Waals surface area contributed by atoms with Crippen LogP contribution in [0.1, 0.15) is 29.3 Å². The molecule has 138 valence electrons. The summed E-state index contributed by atoms with van der Waals surface area (Å²) >= 11 is 1.61. The van der Waals surface area contributed by atoms with E-state index in [9.17, 15) is 14.4 Å². The smallest absolute Gasteiger partial charge is 0.263 e. The van der Waals surface area contributed by atoms with E-state index in [1.165, 1.54) is 12.5 Å². The van der Waals surface area contributed by atoms with Crippen LogP contribution in [0.3, 0.4) is 0 Å². The van der Waals surface area contributed by atoms with E-state index >= 15 is 0 Å². The minimum absolute atomic E-state index is 0.0293. The fourth-order valence-electron chi connectivity index (χ4n) is 3.13. The summed E-state index contributed by atoms with van der Waals surface area (Å²) in [7, 11) is 0. The van der Waals surface area contributed by atoms with Gasteiger partial charge in [-0.1, -0.05) is 0 Å². The lowest BCUT2D eigenvalue weighted by atomic mass is 10.1. The molecule has 0 radical (unpaired) electrons. The molecule has 1 aliphatic rings. The first kappa shape index (κ1) is 18.3. The number of carbonyl (C=O) groups excluding carboxylic acids is 2. The first-order valence-electron chi connectivity index (χ1n) is 8.45. The highest BCUT2D eigenvalue weighted by atomic mass is 32.1. The third kappa shape index (κ3) is 4.17. The van der Waals surface area contributed by atoms with Gasteiger partial charge < -0.3 is 15.6 Å². The van der Waals surface area contributed by atoms with Gasteiger partial charge in [0.05, 0.1) is 12.4 Å². The number of nitrogens with one attached hydrogen (secondary N) is 3. The van der Waals surface area contributed by atoms with Gasteiger partial charge in [-0.05, 0) is 35.7 Å². The second-order valence-corrected chi connectivity index (χ2v) is 6.95. The predicted molar refractivity (Wildman–Crippen MR) is 97.9 cm³/mol. The number of likely N-dealkylation sites (N-methyl/N-ethyl adjacent to an activating group) is 1. The summed E-state index contributed by atoms with van der Waals surface area (Å²) in [5, 5.41) is 9.76. The second-order valence-electron chi connectivity index (χ2n) is 6.17. The van der Waals surface area contributed by atoms with Gasteiger partial charge in [0.25, 0.3) is 11.5 Å². The summed E-state index contributed by atoms with van der Waals surface area (Å²) in [4.78, 5) is 44.7. The molecule has 0 unspecified atom stereocenters. The summed E-state index contributed by atoms with van der Waals surface area (Å²) in [5.74, 6) is -0.518. The van der Waals surface area contributed by atoms with Gasteiger partial charge in [-0.15, -0.1) is 0 Å². The number of aromatic amines is 1. The van der Waals surface area contributed by atoms with Crippen LogP contribution in [-0.2, 0) is 11.3 Å². The molecule has 3 rings (SSSR count). The Kier molecular flexibility index (Phi) is 5.79. The molecule has 0 saturated carbocycles. The molecular formula is C17H21N5O3S. The van der Waals surface area contributed by atoms with Gasteiger partial charge >= 0.3 is 0 Å². The monoisotopic (exact) mass is 375 g/mol. The van der Waals surface area contributed by atoms with Crippen LogP contribution in [0, 0.1) is 0 Å². The number of thiophene rings is 1. The van der Waals surface area contributed by atoms with Crippen molar-refractivity contribution in [3.8, 4) is 0 Å². The molecule has 2 aromatic rings. The highest BCUT2D eigenvalue weighted by Gasteiger charge is 2.37. The zero-order valence-corrected chi connectivity index (χ0v) is 15.2. The highest BCUT2D eigenvalue weighted by Crippen LogP contribution is 2.22. The number of aromatic nitrogens is 2. The van der Waals surface area contributed by atoms with Gasteiger partial charge in [0.2, 0.25) is 5.91 Å². The number of H-pyrrole nitrogens is 1. The number of likely N-dealkylation sites (tertiary alicyclic amines) is 1. The van der Waals surface area contributed by atoms with Crippen LogP contribution in [0.25, 0.3) is 0 Å². The highest BCUT2D eigenvalue weighted by molar-refractivity contribution is 7.07. The number of rotatable bonds is 6. The van der Waals surface area contributed by atoms with Crippen LogP contribution >= 0.6 is 11.3 Å². The van der Waals surface area contributed by atoms with Gasteiger partial charge in [0.1, 0.15) is 5.56 Å². The minimum atomic E-state index is -0.481. The Morgan fingerprint density at radius 3 is 3.00 bits per heavy atom. The fraction of sp³-hybridized carbons (Fsp3) is 0.412. The Hall–Kier alpha value is -2.52. The third-order valence-electron chi connectivity index (χ3n) is 4.32. The van der Waals surface area contributed by atoms with E-state index < -0.39 is 11.5 Å². The lowest BCUT2D eigenvalue weighted by molar-refractivity contribution is -0.125. The average molecular weight is 375 g/mol. The SMILES string of the molecule is CCNC(=O)[C@@H]1C[C@@H](NC(=O)c2cnc[nH]c2=O)CN1Cc1ccsc1. The molecule has 26 heavy (non-hydrogen) atoms. The Morgan fingerprint density at radius 2 is 2.31 bits per heavy atom. The van der Waals surface area contributed by atoms with Crippen molar-refractivity contribution in [3.63, 3.8) is 0 Å². The molecule has 0 spiro atoms. The molecule has 0 aromatic carbocycles. The molecule has 1 fully saturated rings. The maximum atomic E-state index is 12.4. The van der Waals surface area contributed by atoms with Crippen LogP contribution in [-0.4, -0.2) is 51.9 Å². The van der Waals surface area contributed by atoms with E-state index in [1.807, 2.05) is 18.4 Å². The molecule has 2 atom stereocenters. The van der Waals surface area contributed by atoms with E-state index in [2.05, 4.69) is 30.9 Å². The Labute approximate surface area is 154 Å². The summed E-state index contributed by atoms with van der Waals surface area (Å²) < 4.78 is 0. The maximum Gasteiger partial charge on any atom is 0.263 e. The van der Waals surface area contributed by atoms with Crippen molar-refractivity contribution in [2.24, 2.45) is 0 Å². The average Bonchev–Trinajstić information content (AvgIpc) is 3.26. The number of carbonyl (C=O) groups is 2. The maximum absolute atomic E-state index is 12.4. The van der Waals surface area contributed by atoms with Gasteiger partial charge in [-0.3, -0.25) is 19.3 Å². The van der Waals surface area contributed by atoms with Crippen LogP contribution < -0.4 is 16.2 Å². The molecule has 0 bridgehead atoms. The van der Waals surface area contributed by atoms with Crippen molar-refractivity contribution in [2.45, 2.75) is 32.0 Å². The molecule has 2 amide bonds. The summed E-state index contributed by atoms with van der Waals surface area (Å²) in [6.45, 7) is 3.63. The molecule has 1 saturated heterocycles. The van der Waals surface area contributed by atoms with Gasteiger partial charge in [-0.2, -0.15) is 11.3 Å². The number of amides is 2. The normalized spacial score (nSPS) is 20.0. The van der Waals surface area contributed by atoms with E-state index in [0.29, 0.717) is 26.1 Å². The van der Waals surface area contributed by atoms with Crippen molar-refractivity contribution in [3.05, 3.63) is 50.8 Å².